The van der Waals surface area contributed by atoms with Gasteiger partial charge in [-0.05, 0) is 17.9 Å². The van der Waals surface area contributed by atoms with E-state index >= 15 is 0 Å². The largest absolute Gasteiger partial charge is 0.354 e. The van der Waals surface area contributed by atoms with E-state index in [1.54, 1.807) is 0 Å². The lowest BCUT2D eigenvalue weighted by Gasteiger charge is -2.26. The molecule has 0 radical (unpaired) electrons. The Labute approximate surface area is 116 Å². The minimum absolute atomic E-state index is 0.0577. The maximum absolute atomic E-state index is 11.9. The van der Waals surface area contributed by atoms with Gasteiger partial charge >= 0.3 is 0 Å². The first-order chi connectivity index (χ1) is 8.83. The van der Waals surface area contributed by atoms with Crippen LogP contribution in [0.15, 0.2) is 30.3 Å². The van der Waals surface area contributed by atoms with Gasteiger partial charge in [-0.25, -0.2) is 0 Å². The third kappa shape index (κ3) is 5.03. The molecule has 0 aromatic heterocycles. The SMILES string of the molecule is CC(C)CC(N)C(=O)NCC(C)(C)c1ccccc1. The third-order valence-corrected chi connectivity index (χ3v) is 3.32. The van der Waals surface area contributed by atoms with Crippen molar-refractivity contribution in [1.29, 1.82) is 0 Å². The average molecular weight is 262 g/mol. The standard InChI is InChI=1S/C16H26N2O/c1-12(2)10-14(17)15(19)18-11-16(3,4)13-8-6-5-7-9-13/h5-9,12,14H,10-11,17H2,1-4H3,(H,18,19). The first-order valence-electron chi connectivity index (χ1n) is 6.92. The summed E-state index contributed by atoms with van der Waals surface area (Å²) in [5, 5.41) is 2.96. The maximum atomic E-state index is 11.9. The van der Waals surface area contributed by atoms with Crippen molar-refractivity contribution in [2.75, 3.05) is 6.54 Å². The molecule has 0 spiro atoms. The van der Waals surface area contributed by atoms with Gasteiger partial charge in [-0.15, -0.1) is 0 Å². The number of carbonyl (C=O) groups excluding carboxylic acids is 1. The van der Waals surface area contributed by atoms with Crippen LogP contribution in [-0.2, 0) is 10.2 Å². The molecular formula is C16H26N2O. The fourth-order valence-corrected chi connectivity index (χ4v) is 2.05. The second-order valence-electron chi connectivity index (χ2n) is 6.20. The average Bonchev–Trinajstić information content (AvgIpc) is 2.36. The van der Waals surface area contributed by atoms with E-state index in [4.69, 9.17) is 5.73 Å². The first-order valence-corrected chi connectivity index (χ1v) is 6.92. The molecule has 19 heavy (non-hydrogen) atoms. The van der Waals surface area contributed by atoms with Gasteiger partial charge in [0.1, 0.15) is 0 Å². The quantitative estimate of drug-likeness (QED) is 0.827. The summed E-state index contributed by atoms with van der Waals surface area (Å²) in [4.78, 5) is 11.9. The Morgan fingerprint density at radius 1 is 1.26 bits per heavy atom. The summed E-state index contributed by atoms with van der Waals surface area (Å²) >= 11 is 0. The van der Waals surface area contributed by atoms with Gasteiger partial charge in [-0.3, -0.25) is 4.79 Å². The normalized spacial score (nSPS) is 13.4. The molecule has 1 amide bonds. The van der Waals surface area contributed by atoms with Crippen molar-refractivity contribution in [2.24, 2.45) is 11.7 Å². The molecular weight excluding hydrogens is 236 g/mol. The van der Waals surface area contributed by atoms with Crippen molar-refractivity contribution >= 4 is 5.91 Å². The highest BCUT2D eigenvalue weighted by molar-refractivity contribution is 5.81. The highest BCUT2D eigenvalue weighted by Crippen LogP contribution is 2.21. The van der Waals surface area contributed by atoms with Crippen LogP contribution in [0.4, 0.5) is 0 Å². The first kappa shape index (κ1) is 15.7. The van der Waals surface area contributed by atoms with E-state index in [0.717, 1.165) is 6.42 Å². The lowest BCUT2D eigenvalue weighted by Crippen LogP contribution is -2.45. The monoisotopic (exact) mass is 262 g/mol. The number of carbonyl (C=O) groups is 1. The zero-order chi connectivity index (χ0) is 14.5. The molecule has 1 atom stereocenters. The Hall–Kier alpha value is -1.35. The molecule has 0 aliphatic rings. The van der Waals surface area contributed by atoms with Gasteiger partial charge in [0.05, 0.1) is 6.04 Å². The van der Waals surface area contributed by atoms with Crippen LogP contribution < -0.4 is 11.1 Å². The molecule has 1 rings (SSSR count). The number of hydrogen-bond donors (Lipinski definition) is 2. The minimum atomic E-state index is -0.411. The van der Waals surface area contributed by atoms with Gasteiger partial charge in [0.2, 0.25) is 5.91 Å². The molecule has 0 aliphatic heterocycles. The molecule has 0 heterocycles. The van der Waals surface area contributed by atoms with Gasteiger partial charge < -0.3 is 11.1 Å². The predicted molar refractivity (Wildman–Crippen MR) is 79.9 cm³/mol. The molecule has 3 N–H and O–H groups in total. The summed E-state index contributed by atoms with van der Waals surface area (Å²) in [5.41, 5.74) is 7.00. The van der Waals surface area contributed by atoms with E-state index in [2.05, 4.69) is 45.1 Å². The minimum Gasteiger partial charge on any atom is -0.354 e. The number of rotatable bonds is 6. The van der Waals surface area contributed by atoms with Crippen LogP contribution in [0.5, 0.6) is 0 Å². The molecule has 1 aromatic rings. The summed E-state index contributed by atoms with van der Waals surface area (Å²) in [7, 11) is 0. The van der Waals surface area contributed by atoms with E-state index < -0.39 is 6.04 Å². The number of hydrogen-bond acceptors (Lipinski definition) is 2. The summed E-state index contributed by atoms with van der Waals surface area (Å²) in [6, 6.07) is 9.79. The Morgan fingerprint density at radius 3 is 2.37 bits per heavy atom. The molecule has 1 aromatic carbocycles. The van der Waals surface area contributed by atoms with Gasteiger partial charge in [0.25, 0.3) is 0 Å². The van der Waals surface area contributed by atoms with Crippen molar-refractivity contribution in [1.82, 2.24) is 5.32 Å². The van der Waals surface area contributed by atoms with E-state index in [9.17, 15) is 4.79 Å². The Balaban J connectivity index is 2.54. The van der Waals surface area contributed by atoms with Crippen LogP contribution in [0, 0.1) is 5.92 Å². The lowest BCUT2D eigenvalue weighted by molar-refractivity contribution is -0.122. The lowest BCUT2D eigenvalue weighted by atomic mass is 9.84. The van der Waals surface area contributed by atoms with Crippen molar-refractivity contribution < 1.29 is 4.79 Å². The van der Waals surface area contributed by atoms with E-state index in [1.807, 2.05) is 18.2 Å². The number of nitrogens with one attached hydrogen (secondary N) is 1. The van der Waals surface area contributed by atoms with Crippen LogP contribution in [0.3, 0.4) is 0 Å². The topological polar surface area (TPSA) is 55.1 Å². The number of amides is 1. The van der Waals surface area contributed by atoms with E-state index in [1.165, 1.54) is 5.56 Å². The summed E-state index contributed by atoms with van der Waals surface area (Å²) in [6.07, 6.45) is 0.720. The molecule has 0 bridgehead atoms. The van der Waals surface area contributed by atoms with Gasteiger partial charge in [-0.1, -0.05) is 58.0 Å². The zero-order valence-electron chi connectivity index (χ0n) is 12.4. The number of nitrogens with two attached hydrogens (primary N) is 1. The Bertz CT molecular complexity index is 398. The van der Waals surface area contributed by atoms with E-state index in [0.29, 0.717) is 12.5 Å². The molecule has 0 saturated heterocycles. The fraction of sp³-hybridized carbons (Fsp3) is 0.562. The van der Waals surface area contributed by atoms with Crippen LogP contribution in [0.25, 0.3) is 0 Å². The summed E-state index contributed by atoms with van der Waals surface area (Å²) in [5.74, 6) is 0.376. The smallest absolute Gasteiger partial charge is 0.236 e. The Morgan fingerprint density at radius 2 is 1.84 bits per heavy atom. The molecule has 3 heteroatoms. The second kappa shape index (κ2) is 6.71. The van der Waals surface area contributed by atoms with Gasteiger partial charge in [-0.2, -0.15) is 0 Å². The van der Waals surface area contributed by atoms with Crippen molar-refractivity contribution in [3.8, 4) is 0 Å². The van der Waals surface area contributed by atoms with Gasteiger partial charge in [0.15, 0.2) is 0 Å². The van der Waals surface area contributed by atoms with Crippen LogP contribution in [0.2, 0.25) is 0 Å². The maximum Gasteiger partial charge on any atom is 0.236 e. The summed E-state index contributed by atoms with van der Waals surface area (Å²) < 4.78 is 0. The second-order valence-corrected chi connectivity index (χ2v) is 6.20. The highest BCUT2D eigenvalue weighted by Gasteiger charge is 2.23. The van der Waals surface area contributed by atoms with Crippen molar-refractivity contribution in [3.63, 3.8) is 0 Å². The predicted octanol–water partition coefficient (Wildman–Crippen LogP) is 2.45. The highest BCUT2D eigenvalue weighted by atomic mass is 16.2. The van der Waals surface area contributed by atoms with Crippen molar-refractivity contribution in [2.45, 2.75) is 45.6 Å². The number of benzene rings is 1. The van der Waals surface area contributed by atoms with Crippen LogP contribution >= 0.6 is 0 Å². The fourth-order valence-electron chi connectivity index (χ4n) is 2.05. The molecule has 0 aliphatic carbocycles. The van der Waals surface area contributed by atoms with E-state index in [-0.39, 0.29) is 11.3 Å². The molecule has 0 saturated carbocycles. The summed E-state index contributed by atoms with van der Waals surface area (Å²) in [6.45, 7) is 8.98. The van der Waals surface area contributed by atoms with Crippen molar-refractivity contribution in [3.05, 3.63) is 35.9 Å². The molecule has 0 fully saturated rings. The molecule has 3 nitrogen and oxygen atoms in total. The zero-order valence-corrected chi connectivity index (χ0v) is 12.4. The Kier molecular flexibility index (Phi) is 5.55. The molecule has 1 unspecified atom stereocenters. The van der Waals surface area contributed by atoms with Crippen LogP contribution in [0.1, 0.15) is 39.7 Å². The van der Waals surface area contributed by atoms with Crippen LogP contribution in [-0.4, -0.2) is 18.5 Å². The van der Waals surface area contributed by atoms with Gasteiger partial charge in [0, 0.05) is 12.0 Å². The third-order valence-electron chi connectivity index (χ3n) is 3.32. The molecule has 106 valence electrons.